The van der Waals surface area contributed by atoms with Gasteiger partial charge in [0.1, 0.15) is 5.82 Å². The lowest BCUT2D eigenvalue weighted by Crippen LogP contribution is -1.98. The fourth-order valence-corrected chi connectivity index (χ4v) is 1.77. The quantitative estimate of drug-likeness (QED) is 0.752. The third-order valence-electron chi connectivity index (χ3n) is 2.72. The van der Waals surface area contributed by atoms with Crippen LogP contribution in [0.25, 0.3) is 5.65 Å². The Morgan fingerprint density at radius 2 is 2.22 bits per heavy atom. The Morgan fingerprint density at radius 1 is 1.33 bits per heavy atom. The molecule has 0 aliphatic heterocycles. The lowest BCUT2D eigenvalue weighted by Gasteiger charge is -2.03. The summed E-state index contributed by atoms with van der Waals surface area (Å²) < 4.78 is 3.73. The Morgan fingerprint density at radius 3 is 3.00 bits per heavy atom. The zero-order valence-electron chi connectivity index (χ0n) is 10.2. The molecule has 3 rings (SSSR count). The highest BCUT2D eigenvalue weighted by molar-refractivity contribution is 5.68. The first kappa shape index (κ1) is 10.7. The lowest BCUT2D eigenvalue weighted by molar-refractivity contribution is 0.660. The molecule has 7 nitrogen and oxygen atoms in total. The van der Waals surface area contributed by atoms with Crippen molar-refractivity contribution >= 4 is 17.2 Å². The van der Waals surface area contributed by atoms with E-state index in [0.29, 0.717) is 11.5 Å². The maximum absolute atomic E-state index is 4.28. The first-order chi connectivity index (χ1) is 8.78. The highest BCUT2D eigenvalue weighted by Gasteiger charge is 2.08. The molecular formula is C11H13N7. The Balaban J connectivity index is 1.99. The molecule has 7 heteroatoms. The maximum Gasteiger partial charge on any atom is 0.204 e. The summed E-state index contributed by atoms with van der Waals surface area (Å²) in [4.78, 5) is 4.28. The molecule has 0 amide bonds. The first-order valence-corrected chi connectivity index (χ1v) is 5.73. The molecule has 1 N–H and O–H groups in total. The van der Waals surface area contributed by atoms with Crippen molar-refractivity contribution in [1.82, 2.24) is 29.4 Å². The van der Waals surface area contributed by atoms with Gasteiger partial charge in [0.05, 0.1) is 11.9 Å². The van der Waals surface area contributed by atoms with Crippen LogP contribution in [0.15, 0.2) is 24.8 Å². The molecule has 0 atom stereocenters. The normalized spacial score (nSPS) is 11.0. The number of nitrogens with zero attached hydrogens (tertiary/aromatic N) is 6. The van der Waals surface area contributed by atoms with E-state index in [9.17, 15) is 0 Å². The van der Waals surface area contributed by atoms with E-state index in [4.69, 9.17) is 0 Å². The number of aryl methyl sites for hydroxylation is 2. The van der Waals surface area contributed by atoms with Crippen LogP contribution in [0.2, 0.25) is 0 Å². The smallest absolute Gasteiger partial charge is 0.204 e. The van der Waals surface area contributed by atoms with Gasteiger partial charge in [-0.3, -0.25) is 9.08 Å². The molecule has 0 bridgehead atoms. The van der Waals surface area contributed by atoms with E-state index in [2.05, 4.69) is 25.6 Å². The van der Waals surface area contributed by atoms with E-state index in [1.165, 1.54) is 0 Å². The predicted octanol–water partition coefficient (Wildman–Crippen LogP) is 1.39. The first-order valence-electron chi connectivity index (χ1n) is 5.73. The molecule has 0 saturated carbocycles. The molecule has 0 spiro atoms. The van der Waals surface area contributed by atoms with Crippen LogP contribution in [0.5, 0.6) is 0 Å². The SMILES string of the molecule is CCn1cc(Nc2nccn3c(C)nnc23)cn1. The summed E-state index contributed by atoms with van der Waals surface area (Å²) in [5, 5.41) is 15.5. The van der Waals surface area contributed by atoms with Gasteiger partial charge in [-0.2, -0.15) is 5.10 Å². The van der Waals surface area contributed by atoms with Crippen LogP contribution < -0.4 is 5.32 Å². The average molecular weight is 243 g/mol. The van der Waals surface area contributed by atoms with Gasteiger partial charge in [-0.1, -0.05) is 0 Å². The van der Waals surface area contributed by atoms with Gasteiger partial charge >= 0.3 is 0 Å². The standard InChI is InChI=1S/C11H13N7/c1-3-17-7-9(6-13-17)14-10-11-16-15-8(2)18(11)5-4-12-10/h4-7H,3H2,1-2H3,(H,12,14). The van der Waals surface area contributed by atoms with Crippen molar-refractivity contribution in [1.29, 1.82) is 0 Å². The number of hydrogen-bond acceptors (Lipinski definition) is 5. The summed E-state index contributed by atoms with van der Waals surface area (Å²) in [6.45, 7) is 4.78. The fourth-order valence-electron chi connectivity index (χ4n) is 1.77. The van der Waals surface area contributed by atoms with Crippen LogP contribution in [-0.4, -0.2) is 29.4 Å². The highest BCUT2D eigenvalue weighted by atomic mass is 15.3. The molecule has 3 aromatic heterocycles. The number of fused-ring (bicyclic) bond motifs is 1. The molecule has 3 heterocycles. The number of rotatable bonds is 3. The van der Waals surface area contributed by atoms with Gasteiger partial charge in [-0.15, -0.1) is 10.2 Å². The van der Waals surface area contributed by atoms with Crippen molar-refractivity contribution in [3.63, 3.8) is 0 Å². The van der Waals surface area contributed by atoms with Crippen molar-refractivity contribution in [2.45, 2.75) is 20.4 Å². The van der Waals surface area contributed by atoms with Gasteiger partial charge in [0.15, 0.2) is 5.82 Å². The van der Waals surface area contributed by atoms with E-state index in [1.54, 1.807) is 12.4 Å². The molecule has 0 saturated heterocycles. The van der Waals surface area contributed by atoms with Crippen molar-refractivity contribution in [3.05, 3.63) is 30.6 Å². The molecule has 0 aromatic carbocycles. The van der Waals surface area contributed by atoms with Gasteiger partial charge < -0.3 is 5.32 Å². The number of anilines is 2. The van der Waals surface area contributed by atoms with E-state index in [0.717, 1.165) is 18.1 Å². The van der Waals surface area contributed by atoms with E-state index in [-0.39, 0.29) is 0 Å². The number of hydrogen-bond donors (Lipinski definition) is 1. The summed E-state index contributed by atoms with van der Waals surface area (Å²) in [6.07, 6.45) is 7.24. The minimum Gasteiger partial charge on any atom is -0.334 e. The molecule has 3 aromatic rings. The van der Waals surface area contributed by atoms with E-state index >= 15 is 0 Å². The average Bonchev–Trinajstić information content (AvgIpc) is 2.98. The van der Waals surface area contributed by atoms with Gasteiger partial charge in [0, 0.05) is 25.1 Å². The zero-order chi connectivity index (χ0) is 12.5. The minimum atomic E-state index is 0.675. The molecule has 0 radical (unpaired) electrons. The van der Waals surface area contributed by atoms with Crippen molar-refractivity contribution in [2.75, 3.05) is 5.32 Å². The molecule has 0 aliphatic carbocycles. The third kappa shape index (κ3) is 1.69. The van der Waals surface area contributed by atoms with Crippen molar-refractivity contribution in [2.24, 2.45) is 0 Å². The van der Waals surface area contributed by atoms with Crippen LogP contribution in [-0.2, 0) is 6.54 Å². The summed E-state index contributed by atoms with van der Waals surface area (Å²) in [6, 6.07) is 0. The van der Waals surface area contributed by atoms with Crippen LogP contribution in [0.1, 0.15) is 12.7 Å². The largest absolute Gasteiger partial charge is 0.334 e. The Kier molecular flexibility index (Phi) is 2.44. The van der Waals surface area contributed by atoms with Gasteiger partial charge in [0.25, 0.3) is 0 Å². The second-order valence-electron chi connectivity index (χ2n) is 3.93. The Bertz CT molecular complexity index is 682. The molecule has 0 unspecified atom stereocenters. The Labute approximate surface area is 103 Å². The molecule has 18 heavy (non-hydrogen) atoms. The summed E-state index contributed by atoms with van der Waals surface area (Å²) in [5.74, 6) is 1.51. The van der Waals surface area contributed by atoms with Gasteiger partial charge in [-0.05, 0) is 13.8 Å². The van der Waals surface area contributed by atoms with Crippen molar-refractivity contribution in [3.8, 4) is 0 Å². The Hall–Kier alpha value is -2.44. The van der Waals surface area contributed by atoms with E-state index in [1.807, 2.05) is 35.3 Å². The summed E-state index contributed by atoms with van der Waals surface area (Å²) in [5.41, 5.74) is 1.59. The van der Waals surface area contributed by atoms with Crippen molar-refractivity contribution < 1.29 is 0 Å². The monoisotopic (exact) mass is 243 g/mol. The van der Waals surface area contributed by atoms with Crippen LogP contribution in [0, 0.1) is 6.92 Å². The molecule has 92 valence electrons. The maximum atomic E-state index is 4.28. The van der Waals surface area contributed by atoms with Crippen LogP contribution in [0.3, 0.4) is 0 Å². The van der Waals surface area contributed by atoms with E-state index < -0.39 is 0 Å². The van der Waals surface area contributed by atoms with Crippen LogP contribution in [0.4, 0.5) is 11.5 Å². The molecule has 0 aliphatic rings. The summed E-state index contributed by atoms with van der Waals surface area (Å²) >= 11 is 0. The van der Waals surface area contributed by atoms with Gasteiger partial charge in [0.2, 0.25) is 5.65 Å². The second kappa shape index (κ2) is 4.10. The number of nitrogens with one attached hydrogen (secondary N) is 1. The number of aromatic nitrogens is 6. The predicted molar refractivity (Wildman–Crippen MR) is 66.7 cm³/mol. The highest BCUT2D eigenvalue weighted by Crippen LogP contribution is 2.17. The topological polar surface area (TPSA) is 72.9 Å². The summed E-state index contributed by atoms with van der Waals surface area (Å²) in [7, 11) is 0. The van der Waals surface area contributed by atoms with Crippen LogP contribution >= 0.6 is 0 Å². The molecule has 0 fully saturated rings. The second-order valence-corrected chi connectivity index (χ2v) is 3.93. The third-order valence-corrected chi connectivity index (χ3v) is 2.72. The fraction of sp³-hybridized carbons (Fsp3) is 0.273. The minimum absolute atomic E-state index is 0.675. The van der Waals surface area contributed by atoms with Gasteiger partial charge in [-0.25, -0.2) is 4.98 Å². The lowest BCUT2D eigenvalue weighted by atomic mass is 10.5. The zero-order valence-corrected chi connectivity index (χ0v) is 10.2. The molecular weight excluding hydrogens is 230 g/mol.